The molecule has 1 fully saturated rings. The molecule has 1 aromatic rings. The fraction of sp³-hybridized carbons (Fsp3) is 0.417. The number of carbonyl (C=O) groups is 1. The van der Waals surface area contributed by atoms with E-state index < -0.39 is 5.82 Å². The molecule has 1 unspecified atom stereocenters. The number of rotatable bonds is 2. The van der Waals surface area contributed by atoms with Gasteiger partial charge in [-0.25, -0.2) is 4.39 Å². The number of likely N-dealkylation sites (tertiary alicyclic amines) is 1. The van der Waals surface area contributed by atoms with Crippen LogP contribution in [-0.2, 0) is 0 Å². The average Bonchev–Trinajstić information content (AvgIpc) is 2.76. The van der Waals surface area contributed by atoms with Gasteiger partial charge in [-0.1, -0.05) is 27.5 Å². The van der Waals surface area contributed by atoms with Crippen LogP contribution in [0.25, 0.3) is 0 Å². The highest BCUT2D eigenvalue weighted by Gasteiger charge is 2.29. The second-order valence-corrected chi connectivity index (χ2v) is 5.16. The minimum absolute atomic E-state index is 0.0993. The van der Waals surface area contributed by atoms with Crippen molar-refractivity contribution in [3.63, 3.8) is 0 Å². The second-order valence-electron chi connectivity index (χ2n) is 4.07. The number of hydrogen-bond donors (Lipinski definition) is 0. The van der Waals surface area contributed by atoms with Gasteiger partial charge in [-0.2, -0.15) is 0 Å². The van der Waals surface area contributed by atoms with Crippen LogP contribution in [-0.4, -0.2) is 28.7 Å². The summed E-state index contributed by atoms with van der Waals surface area (Å²) in [5.74, 6) is -0.802. The van der Waals surface area contributed by atoms with Gasteiger partial charge in [-0.05, 0) is 31.0 Å². The summed E-state index contributed by atoms with van der Waals surface area (Å²) in [5, 5.41) is 1.03. The average molecular weight is 321 g/mol. The van der Waals surface area contributed by atoms with Crippen molar-refractivity contribution in [2.24, 2.45) is 0 Å². The van der Waals surface area contributed by atoms with Crippen molar-refractivity contribution in [3.8, 4) is 0 Å². The molecule has 1 aromatic carbocycles. The fourth-order valence-corrected chi connectivity index (χ4v) is 2.91. The Labute approximate surface area is 113 Å². The SMILES string of the molecule is O=C(c1ccc(Cl)cc1F)N1CCCC1CBr. The largest absolute Gasteiger partial charge is 0.335 e. The molecular weight excluding hydrogens is 308 g/mol. The molecule has 0 saturated carbocycles. The number of hydrogen-bond acceptors (Lipinski definition) is 1. The number of amides is 1. The summed E-state index contributed by atoms with van der Waals surface area (Å²) in [4.78, 5) is 13.9. The fourth-order valence-electron chi connectivity index (χ4n) is 2.08. The molecule has 0 aliphatic carbocycles. The number of halogens is 3. The van der Waals surface area contributed by atoms with Crippen LogP contribution in [0.15, 0.2) is 18.2 Å². The lowest BCUT2D eigenvalue weighted by atomic mass is 10.1. The van der Waals surface area contributed by atoms with E-state index in [1.54, 1.807) is 4.90 Å². The lowest BCUT2D eigenvalue weighted by Crippen LogP contribution is -2.36. The Balaban J connectivity index is 2.24. The number of benzene rings is 1. The molecule has 2 nitrogen and oxygen atoms in total. The van der Waals surface area contributed by atoms with Gasteiger partial charge in [0, 0.05) is 22.9 Å². The molecule has 2 rings (SSSR count). The van der Waals surface area contributed by atoms with E-state index in [4.69, 9.17) is 11.6 Å². The van der Waals surface area contributed by atoms with Crippen LogP contribution in [0.5, 0.6) is 0 Å². The zero-order chi connectivity index (χ0) is 12.4. The van der Waals surface area contributed by atoms with Gasteiger partial charge in [-0.3, -0.25) is 4.79 Å². The van der Waals surface area contributed by atoms with Gasteiger partial charge < -0.3 is 4.90 Å². The molecule has 1 aliphatic rings. The van der Waals surface area contributed by atoms with Gasteiger partial charge in [0.2, 0.25) is 0 Å². The normalized spacial score (nSPS) is 19.7. The predicted molar refractivity (Wildman–Crippen MR) is 69.3 cm³/mol. The third kappa shape index (κ3) is 2.63. The Hall–Kier alpha value is -0.610. The summed E-state index contributed by atoms with van der Waals surface area (Å²) in [5.41, 5.74) is 0.0993. The monoisotopic (exact) mass is 319 g/mol. The highest BCUT2D eigenvalue weighted by molar-refractivity contribution is 9.09. The van der Waals surface area contributed by atoms with Crippen LogP contribution < -0.4 is 0 Å². The Morgan fingerprint density at radius 3 is 3.00 bits per heavy atom. The maximum Gasteiger partial charge on any atom is 0.257 e. The molecule has 0 bridgehead atoms. The van der Waals surface area contributed by atoms with Gasteiger partial charge >= 0.3 is 0 Å². The molecule has 17 heavy (non-hydrogen) atoms. The number of nitrogens with zero attached hydrogens (tertiary/aromatic N) is 1. The summed E-state index contributed by atoms with van der Waals surface area (Å²) in [6.45, 7) is 0.692. The van der Waals surface area contributed by atoms with E-state index in [0.717, 1.165) is 18.2 Å². The molecule has 1 saturated heterocycles. The minimum Gasteiger partial charge on any atom is -0.335 e. The van der Waals surface area contributed by atoms with Gasteiger partial charge in [-0.15, -0.1) is 0 Å². The van der Waals surface area contributed by atoms with Crippen molar-refractivity contribution in [2.45, 2.75) is 18.9 Å². The van der Waals surface area contributed by atoms with Gasteiger partial charge in [0.15, 0.2) is 0 Å². The van der Waals surface area contributed by atoms with Crippen molar-refractivity contribution in [3.05, 3.63) is 34.6 Å². The predicted octanol–water partition coefficient (Wildman–Crippen LogP) is 3.48. The van der Waals surface area contributed by atoms with E-state index in [9.17, 15) is 9.18 Å². The van der Waals surface area contributed by atoms with E-state index in [1.165, 1.54) is 18.2 Å². The summed E-state index contributed by atoms with van der Waals surface area (Å²) in [7, 11) is 0. The van der Waals surface area contributed by atoms with Crippen LogP contribution in [0, 0.1) is 5.82 Å². The first-order valence-corrected chi connectivity index (χ1v) is 6.95. The van der Waals surface area contributed by atoms with Crippen molar-refractivity contribution >= 4 is 33.4 Å². The standard InChI is InChI=1S/C12H12BrClFNO/c13-7-9-2-1-5-16(9)12(17)10-4-3-8(14)6-11(10)15/h3-4,6,9H,1-2,5,7H2. The summed E-state index contributed by atoms with van der Waals surface area (Å²) in [6, 6.07) is 4.33. The molecule has 0 N–H and O–H groups in total. The first-order chi connectivity index (χ1) is 8.13. The van der Waals surface area contributed by atoms with Crippen LogP contribution in [0.2, 0.25) is 5.02 Å². The van der Waals surface area contributed by atoms with Crippen molar-refractivity contribution in [1.82, 2.24) is 4.90 Å². The topological polar surface area (TPSA) is 20.3 Å². The quantitative estimate of drug-likeness (QED) is 0.764. The van der Waals surface area contributed by atoms with Gasteiger partial charge in [0.05, 0.1) is 5.56 Å². The molecule has 92 valence electrons. The summed E-state index contributed by atoms with van der Waals surface area (Å²) in [6.07, 6.45) is 1.93. The number of alkyl halides is 1. The molecule has 0 radical (unpaired) electrons. The second kappa shape index (κ2) is 5.36. The lowest BCUT2D eigenvalue weighted by molar-refractivity contribution is 0.0746. The Bertz CT molecular complexity index is 441. The zero-order valence-corrected chi connectivity index (χ0v) is 11.5. The third-order valence-corrected chi connectivity index (χ3v) is 3.96. The van der Waals surface area contributed by atoms with E-state index in [2.05, 4.69) is 15.9 Å². The third-order valence-electron chi connectivity index (χ3n) is 2.98. The first kappa shape index (κ1) is 12.8. The van der Waals surface area contributed by atoms with E-state index in [-0.39, 0.29) is 17.5 Å². The van der Waals surface area contributed by atoms with E-state index in [1.807, 2.05) is 0 Å². The van der Waals surface area contributed by atoms with E-state index >= 15 is 0 Å². The highest BCUT2D eigenvalue weighted by Crippen LogP contribution is 2.23. The molecular formula is C12H12BrClFNO. The molecule has 1 aliphatic heterocycles. The summed E-state index contributed by atoms with van der Waals surface area (Å²) < 4.78 is 13.6. The lowest BCUT2D eigenvalue weighted by Gasteiger charge is -2.23. The van der Waals surface area contributed by atoms with Crippen molar-refractivity contribution in [1.29, 1.82) is 0 Å². The number of carbonyl (C=O) groups excluding carboxylic acids is 1. The molecule has 5 heteroatoms. The summed E-state index contributed by atoms with van der Waals surface area (Å²) >= 11 is 9.04. The highest BCUT2D eigenvalue weighted by atomic mass is 79.9. The Morgan fingerprint density at radius 1 is 1.59 bits per heavy atom. The van der Waals surface area contributed by atoms with Crippen LogP contribution in [0.1, 0.15) is 23.2 Å². The van der Waals surface area contributed by atoms with Crippen molar-refractivity contribution < 1.29 is 9.18 Å². The Morgan fingerprint density at radius 2 is 2.35 bits per heavy atom. The first-order valence-electron chi connectivity index (χ1n) is 5.45. The molecule has 1 atom stereocenters. The maximum atomic E-state index is 13.6. The van der Waals surface area contributed by atoms with Gasteiger partial charge in [0.1, 0.15) is 5.82 Å². The van der Waals surface area contributed by atoms with Crippen LogP contribution >= 0.6 is 27.5 Å². The van der Waals surface area contributed by atoms with Gasteiger partial charge in [0.25, 0.3) is 5.91 Å². The zero-order valence-electron chi connectivity index (χ0n) is 9.13. The van der Waals surface area contributed by atoms with Crippen LogP contribution in [0.3, 0.4) is 0 Å². The van der Waals surface area contributed by atoms with Crippen molar-refractivity contribution in [2.75, 3.05) is 11.9 Å². The minimum atomic E-state index is -0.553. The maximum absolute atomic E-state index is 13.6. The van der Waals surface area contributed by atoms with E-state index in [0.29, 0.717) is 11.6 Å². The Kier molecular flexibility index (Phi) is 4.05. The molecule has 1 amide bonds. The molecule has 1 heterocycles. The molecule has 0 aromatic heterocycles. The smallest absolute Gasteiger partial charge is 0.257 e. The molecule has 0 spiro atoms. The van der Waals surface area contributed by atoms with Crippen LogP contribution in [0.4, 0.5) is 4.39 Å².